The zero-order valence-electron chi connectivity index (χ0n) is 15.7. The van der Waals surface area contributed by atoms with Gasteiger partial charge in [0.1, 0.15) is 29.0 Å². The molecule has 2 aromatic carbocycles. The van der Waals surface area contributed by atoms with Crippen LogP contribution in [-0.4, -0.2) is 24.4 Å². The Hall–Kier alpha value is -3.99. The van der Waals surface area contributed by atoms with Crippen LogP contribution in [0.1, 0.15) is 17.0 Å². The van der Waals surface area contributed by atoms with Gasteiger partial charge in [-0.3, -0.25) is 5.10 Å². The van der Waals surface area contributed by atoms with Crippen LogP contribution in [0.4, 0.5) is 4.39 Å². The van der Waals surface area contributed by atoms with Crippen molar-refractivity contribution in [3.05, 3.63) is 70.9 Å². The monoisotopic (exact) mass is 392 g/mol. The molecular formula is C21H17FN4O3. The molecular weight excluding hydrogens is 375 g/mol. The minimum atomic E-state index is -0.577. The molecule has 3 aromatic rings. The Bertz CT molecular complexity index is 1120. The van der Waals surface area contributed by atoms with Gasteiger partial charge in [0.25, 0.3) is 0 Å². The van der Waals surface area contributed by atoms with E-state index in [4.69, 9.17) is 19.9 Å². The molecule has 0 unspecified atom stereocenters. The molecule has 1 atom stereocenters. The second-order valence-corrected chi connectivity index (χ2v) is 6.40. The molecule has 1 aromatic heterocycles. The number of nitrogens with one attached hydrogen (secondary N) is 1. The average Bonchev–Trinajstić information content (AvgIpc) is 3.16. The first-order valence-corrected chi connectivity index (χ1v) is 8.70. The summed E-state index contributed by atoms with van der Waals surface area (Å²) in [5.41, 5.74) is 8.88. The van der Waals surface area contributed by atoms with Crippen molar-refractivity contribution in [2.75, 3.05) is 14.2 Å². The Morgan fingerprint density at radius 2 is 1.79 bits per heavy atom. The van der Waals surface area contributed by atoms with Crippen LogP contribution in [0.15, 0.2) is 53.9 Å². The van der Waals surface area contributed by atoms with E-state index in [9.17, 15) is 9.65 Å². The SMILES string of the molecule is COc1cc(OC)cc([C@@H]2C(C#N)=C(N)Oc3n[nH]c(-c4ccc(F)cc4)c32)c1. The fourth-order valence-electron chi connectivity index (χ4n) is 3.41. The number of allylic oxidation sites excluding steroid dienone is 1. The van der Waals surface area contributed by atoms with Crippen molar-refractivity contribution in [2.24, 2.45) is 5.73 Å². The second kappa shape index (κ2) is 7.20. The van der Waals surface area contributed by atoms with Crippen LogP contribution in [0.25, 0.3) is 11.3 Å². The number of fused-ring (bicyclic) bond motifs is 1. The molecule has 1 aliphatic rings. The van der Waals surface area contributed by atoms with E-state index < -0.39 is 5.92 Å². The van der Waals surface area contributed by atoms with E-state index in [0.717, 1.165) is 5.56 Å². The lowest BCUT2D eigenvalue weighted by Crippen LogP contribution is -2.21. The lowest BCUT2D eigenvalue weighted by atomic mass is 9.83. The molecule has 0 radical (unpaired) electrons. The minimum absolute atomic E-state index is 0.0241. The number of ether oxygens (including phenoxy) is 3. The van der Waals surface area contributed by atoms with Crippen LogP contribution >= 0.6 is 0 Å². The Labute approximate surface area is 166 Å². The molecule has 4 rings (SSSR count). The normalized spacial score (nSPS) is 15.3. The first-order valence-electron chi connectivity index (χ1n) is 8.70. The van der Waals surface area contributed by atoms with Crippen LogP contribution in [0, 0.1) is 17.1 Å². The summed E-state index contributed by atoms with van der Waals surface area (Å²) in [6, 6.07) is 13.4. The number of hydrogen-bond acceptors (Lipinski definition) is 6. The third kappa shape index (κ3) is 3.12. The number of nitrogens with zero attached hydrogens (tertiary/aromatic N) is 2. The van der Waals surface area contributed by atoms with E-state index >= 15 is 0 Å². The molecule has 0 aliphatic carbocycles. The van der Waals surface area contributed by atoms with E-state index in [-0.39, 0.29) is 23.2 Å². The number of methoxy groups -OCH3 is 2. The van der Waals surface area contributed by atoms with Crippen LogP contribution < -0.4 is 19.9 Å². The van der Waals surface area contributed by atoms with Gasteiger partial charge in [-0.25, -0.2) is 4.39 Å². The van der Waals surface area contributed by atoms with E-state index in [1.54, 1.807) is 44.6 Å². The number of benzene rings is 2. The number of nitrogens with two attached hydrogens (primary N) is 1. The molecule has 8 heteroatoms. The summed E-state index contributed by atoms with van der Waals surface area (Å²) < 4.78 is 29.7. The standard InChI is InChI=1S/C21H17FN4O3/c1-27-14-7-12(8-15(9-14)28-2)17-16(10-23)20(24)29-21-18(17)19(25-26-21)11-3-5-13(22)6-4-11/h3-9,17H,24H2,1-2H3,(H,25,26)/t17-/m1/s1. The zero-order valence-corrected chi connectivity index (χ0v) is 15.7. The van der Waals surface area contributed by atoms with Crippen LogP contribution in [0.5, 0.6) is 17.4 Å². The summed E-state index contributed by atoms with van der Waals surface area (Å²) in [6.45, 7) is 0. The smallest absolute Gasteiger partial charge is 0.244 e. The predicted octanol–water partition coefficient (Wildman–Crippen LogP) is 3.45. The first-order chi connectivity index (χ1) is 14.0. The van der Waals surface area contributed by atoms with Gasteiger partial charge in [-0.15, -0.1) is 5.10 Å². The van der Waals surface area contributed by atoms with Gasteiger partial charge in [0.05, 0.1) is 31.4 Å². The lowest BCUT2D eigenvalue weighted by Gasteiger charge is -2.24. The quantitative estimate of drug-likeness (QED) is 0.704. The van der Waals surface area contributed by atoms with Gasteiger partial charge < -0.3 is 19.9 Å². The molecule has 0 spiro atoms. The predicted molar refractivity (Wildman–Crippen MR) is 103 cm³/mol. The maximum atomic E-state index is 13.4. The Morgan fingerprint density at radius 3 is 2.38 bits per heavy atom. The number of nitriles is 1. The summed E-state index contributed by atoms with van der Waals surface area (Å²) in [5, 5.41) is 16.9. The molecule has 7 nitrogen and oxygen atoms in total. The van der Waals surface area contributed by atoms with Gasteiger partial charge in [-0.1, -0.05) is 0 Å². The summed E-state index contributed by atoms with van der Waals surface area (Å²) in [6.07, 6.45) is 0. The number of aromatic nitrogens is 2. The summed E-state index contributed by atoms with van der Waals surface area (Å²) in [7, 11) is 3.09. The van der Waals surface area contributed by atoms with Crippen molar-refractivity contribution >= 4 is 0 Å². The van der Waals surface area contributed by atoms with Gasteiger partial charge in [-0.2, -0.15) is 5.26 Å². The van der Waals surface area contributed by atoms with E-state index in [0.29, 0.717) is 28.3 Å². The number of hydrogen-bond donors (Lipinski definition) is 2. The summed E-state index contributed by atoms with van der Waals surface area (Å²) in [5.74, 6) is 0.433. The molecule has 146 valence electrons. The Morgan fingerprint density at radius 1 is 1.14 bits per heavy atom. The molecule has 1 aliphatic heterocycles. The van der Waals surface area contributed by atoms with Crippen LogP contribution in [-0.2, 0) is 0 Å². The second-order valence-electron chi connectivity index (χ2n) is 6.40. The number of halogens is 1. The van der Waals surface area contributed by atoms with Crippen molar-refractivity contribution in [1.82, 2.24) is 10.2 Å². The number of aromatic amines is 1. The summed E-state index contributed by atoms with van der Waals surface area (Å²) in [4.78, 5) is 0. The van der Waals surface area contributed by atoms with Gasteiger partial charge in [0, 0.05) is 11.6 Å². The molecule has 0 amide bonds. The molecule has 0 saturated carbocycles. The Kier molecular flexibility index (Phi) is 4.56. The van der Waals surface area contributed by atoms with Crippen molar-refractivity contribution in [3.8, 4) is 34.7 Å². The molecule has 0 bridgehead atoms. The van der Waals surface area contributed by atoms with Crippen LogP contribution in [0.3, 0.4) is 0 Å². The molecule has 2 heterocycles. The highest BCUT2D eigenvalue weighted by atomic mass is 19.1. The fourth-order valence-corrected chi connectivity index (χ4v) is 3.41. The Balaban J connectivity index is 1.96. The van der Waals surface area contributed by atoms with Gasteiger partial charge >= 0.3 is 0 Å². The molecule has 29 heavy (non-hydrogen) atoms. The molecule has 3 N–H and O–H groups in total. The van der Waals surface area contributed by atoms with E-state index in [1.165, 1.54) is 12.1 Å². The minimum Gasteiger partial charge on any atom is -0.497 e. The average molecular weight is 392 g/mol. The fraction of sp³-hybridized carbons (Fsp3) is 0.143. The molecule has 0 saturated heterocycles. The third-order valence-corrected chi connectivity index (χ3v) is 4.78. The lowest BCUT2D eigenvalue weighted by molar-refractivity contribution is 0.377. The highest BCUT2D eigenvalue weighted by molar-refractivity contribution is 5.71. The van der Waals surface area contributed by atoms with Gasteiger partial charge in [0.15, 0.2) is 0 Å². The van der Waals surface area contributed by atoms with Crippen molar-refractivity contribution in [2.45, 2.75) is 5.92 Å². The van der Waals surface area contributed by atoms with E-state index in [1.807, 2.05) is 0 Å². The first kappa shape index (κ1) is 18.4. The number of rotatable bonds is 4. The van der Waals surface area contributed by atoms with Crippen LogP contribution in [0.2, 0.25) is 0 Å². The number of H-pyrrole nitrogens is 1. The molecule has 0 fully saturated rings. The topological polar surface area (TPSA) is 106 Å². The third-order valence-electron chi connectivity index (χ3n) is 4.78. The van der Waals surface area contributed by atoms with Gasteiger partial charge in [-0.05, 0) is 42.0 Å². The zero-order chi connectivity index (χ0) is 20.5. The van der Waals surface area contributed by atoms with E-state index in [2.05, 4.69) is 16.3 Å². The highest BCUT2D eigenvalue weighted by Gasteiger charge is 2.36. The largest absolute Gasteiger partial charge is 0.497 e. The summed E-state index contributed by atoms with van der Waals surface area (Å²) >= 11 is 0. The van der Waals surface area contributed by atoms with Gasteiger partial charge in [0.2, 0.25) is 11.8 Å². The van der Waals surface area contributed by atoms with Crippen molar-refractivity contribution < 1.29 is 18.6 Å². The maximum absolute atomic E-state index is 13.4. The van der Waals surface area contributed by atoms with Crippen molar-refractivity contribution in [3.63, 3.8) is 0 Å². The van der Waals surface area contributed by atoms with Crippen molar-refractivity contribution in [1.29, 1.82) is 5.26 Å². The maximum Gasteiger partial charge on any atom is 0.244 e. The highest BCUT2D eigenvalue weighted by Crippen LogP contribution is 2.46.